The van der Waals surface area contributed by atoms with Gasteiger partial charge < -0.3 is 10.0 Å². The molecule has 1 saturated heterocycles. The van der Waals surface area contributed by atoms with Crippen molar-refractivity contribution < 1.29 is 10.0 Å². The van der Waals surface area contributed by atoms with Crippen LogP contribution in [-0.4, -0.2) is 29.2 Å². The maximum atomic E-state index is 10.6. The maximum Gasteiger partial charge on any atom is 0.269 e. The average Bonchev–Trinajstić information content (AvgIpc) is 2.39. The van der Waals surface area contributed by atoms with E-state index in [1.807, 2.05) is 0 Å². The molecule has 17 heavy (non-hydrogen) atoms. The zero-order chi connectivity index (χ0) is 12.3. The fourth-order valence-electron chi connectivity index (χ4n) is 2.30. The van der Waals surface area contributed by atoms with E-state index in [-0.39, 0.29) is 18.3 Å². The summed E-state index contributed by atoms with van der Waals surface area (Å²) in [6.07, 6.45) is 3.22. The van der Waals surface area contributed by atoms with Crippen molar-refractivity contribution in [2.24, 2.45) is 0 Å². The van der Waals surface area contributed by atoms with Crippen LogP contribution in [0.15, 0.2) is 24.3 Å². The number of aliphatic hydroxyl groups is 1. The molecule has 0 aliphatic carbocycles. The number of nitro benzene ring substituents is 1. The highest BCUT2D eigenvalue weighted by Gasteiger charge is 2.22. The van der Waals surface area contributed by atoms with E-state index in [4.69, 9.17) is 0 Å². The minimum absolute atomic E-state index is 0.103. The fourth-order valence-corrected chi connectivity index (χ4v) is 2.30. The SMILES string of the molecule is O=[N+]([O-])c1ccc(N2CCCC[C@@H]2CO)cc1. The molecule has 1 aliphatic heterocycles. The summed E-state index contributed by atoms with van der Waals surface area (Å²) in [6.45, 7) is 1.04. The van der Waals surface area contributed by atoms with Gasteiger partial charge in [0.05, 0.1) is 17.6 Å². The van der Waals surface area contributed by atoms with Crippen LogP contribution in [0.5, 0.6) is 0 Å². The molecule has 1 atom stereocenters. The number of nitrogens with zero attached hydrogens (tertiary/aromatic N) is 2. The van der Waals surface area contributed by atoms with Crippen molar-refractivity contribution in [3.8, 4) is 0 Å². The van der Waals surface area contributed by atoms with Crippen LogP contribution in [0.25, 0.3) is 0 Å². The number of hydrogen-bond donors (Lipinski definition) is 1. The third-order valence-electron chi connectivity index (χ3n) is 3.23. The normalized spacial score (nSPS) is 20.3. The average molecular weight is 236 g/mol. The molecule has 0 saturated carbocycles. The third kappa shape index (κ3) is 2.55. The Morgan fingerprint density at radius 3 is 2.65 bits per heavy atom. The largest absolute Gasteiger partial charge is 0.394 e. The van der Waals surface area contributed by atoms with Crippen molar-refractivity contribution in [2.75, 3.05) is 18.1 Å². The fraction of sp³-hybridized carbons (Fsp3) is 0.500. The van der Waals surface area contributed by atoms with Gasteiger partial charge in [0, 0.05) is 24.4 Å². The van der Waals surface area contributed by atoms with Gasteiger partial charge in [-0.2, -0.15) is 0 Å². The summed E-state index contributed by atoms with van der Waals surface area (Å²) in [5, 5.41) is 19.9. The number of benzene rings is 1. The highest BCUT2D eigenvalue weighted by atomic mass is 16.6. The van der Waals surface area contributed by atoms with Gasteiger partial charge in [0.15, 0.2) is 0 Å². The van der Waals surface area contributed by atoms with Crippen molar-refractivity contribution in [3.63, 3.8) is 0 Å². The van der Waals surface area contributed by atoms with E-state index >= 15 is 0 Å². The second-order valence-electron chi connectivity index (χ2n) is 4.30. The van der Waals surface area contributed by atoms with Crippen molar-refractivity contribution in [1.82, 2.24) is 0 Å². The second-order valence-corrected chi connectivity index (χ2v) is 4.30. The standard InChI is InChI=1S/C12H16N2O3/c15-9-12-3-1-2-8-13(12)10-4-6-11(7-5-10)14(16)17/h4-7,12,15H,1-3,8-9H2/t12-/m1/s1. The zero-order valence-corrected chi connectivity index (χ0v) is 9.58. The van der Waals surface area contributed by atoms with Gasteiger partial charge >= 0.3 is 0 Å². The first-order valence-electron chi connectivity index (χ1n) is 5.84. The van der Waals surface area contributed by atoms with Gasteiger partial charge in [0.2, 0.25) is 0 Å². The molecule has 1 aromatic rings. The number of anilines is 1. The molecule has 0 radical (unpaired) electrons. The number of nitro groups is 1. The Hall–Kier alpha value is -1.62. The van der Waals surface area contributed by atoms with Gasteiger partial charge in [-0.15, -0.1) is 0 Å². The summed E-state index contributed by atoms with van der Waals surface area (Å²) >= 11 is 0. The van der Waals surface area contributed by atoms with Crippen molar-refractivity contribution >= 4 is 11.4 Å². The Kier molecular flexibility index (Phi) is 3.58. The first-order valence-corrected chi connectivity index (χ1v) is 5.84. The number of non-ortho nitro benzene ring substituents is 1. The second kappa shape index (κ2) is 5.14. The van der Waals surface area contributed by atoms with Crippen LogP contribution in [0, 0.1) is 10.1 Å². The van der Waals surface area contributed by atoms with E-state index in [0.717, 1.165) is 31.5 Å². The Labute approximate surface area is 99.8 Å². The first kappa shape index (κ1) is 11.9. The Morgan fingerprint density at radius 2 is 2.06 bits per heavy atom. The van der Waals surface area contributed by atoms with Gasteiger partial charge in [-0.05, 0) is 31.4 Å². The molecule has 5 nitrogen and oxygen atoms in total. The van der Waals surface area contributed by atoms with Crippen LogP contribution in [0.2, 0.25) is 0 Å². The lowest BCUT2D eigenvalue weighted by Gasteiger charge is -2.36. The Bertz CT molecular complexity index is 391. The van der Waals surface area contributed by atoms with Crippen LogP contribution in [-0.2, 0) is 0 Å². The molecule has 0 spiro atoms. The molecule has 0 amide bonds. The van der Waals surface area contributed by atoms with E-state index in [1.54, 1.807) is 12.1 Å². The van der Waals surface area contributed by atoms with Crippen LogP contribution >= 0.6 is 0 Å². The summed E-state index contributed by atoms with van der Waals surface area (Å²) in [4.78, 5) is 12.3. The van der Waals surface area contributed by atoms with Crippen LogP contribution in [0.3, 0.4) is 0 Å². The monoisotopic (exact) mass is 236 g/mol. The number of rotatable bonds is 3. The van der Waals surface area contributed by atoms with Gasteiger partial charge in [-0.3, -0.25) is 10.1 Å². The molecule has 0 bridgehead atoms. The molecule has 0 aromatic heterocycles. The molecular weight excluding hydrogens is 220 g/mol. The molecule has 92 valence electrons. The summed E-state index contributed by atoms with van der Waals surface area (Å²) < 4.78 is 0. The number of hydrogen-bond acceptors (Lipinski definition) is 4. The third-order valence-corrected chi connectivity index (χ3v) is 3.23. The maximum absolute atomic E-state index is 10.6. The van der Waals surface area contributed by atoms with E-state index in [9.17, 15) is 15.2 Å². The van der Waals surface area contributed by atoms with E-state index in [0.29, 0.717) is 0 Å². The quantitative estimate of drug-likeness (QED) is 0.643. The molecule has 5 heteroatoms. The van der Waals surface area contributed by atoms with Gasteiger partial charge in [0.1, 0.15) is 0 Å². The summed E-state index contributed by atoms with van der Waals surface area (Å²) in [5.41, 5.74) is 1.06. The molecule has 1 fully saturated rings. The lowest BCUT2D eigenvalue weighted by molar-refractivity contribution is -0.384. The zero-order valence-electron chi connectivity index (χ0n) is 9.58. The number of piperidine rings is 1. The molecule has 1 aliphatic rings. The minimum Gasteiger partial charge on any atom is -0.394 e. The van der Waals surface area contributed by atoms with Crippen LogP contribution < -0.4 is 4.90 Å². The predicted molar refractivity (Wildman–Crippen MR) is 65.2 cm³/mol. The van der Waals surface area contributed by atoms with Crippen molar-refractivity contribution in [3.05, 3.63) is 34.4 Å². The van der Waals surface area contributed by atoms with Crippen molar-refractivity contribution in [2.45, 2.75) is 25.3 Å². The molecule has 1 aromatic carbocycles. The Balaban J connectivity index is 2.17. The summed E-state index contributed by atoms with van der Waals surface area (Å²) in [7, 11) is 0. The molecular formula is C12H16N2O3. The summed E-state index contributed by atoms with van der Waals surface area (Å²) in [5.74, 6) is 0. The van der Waals surface area contributed by atoms with E-state index in [1.165, 1.54) is 12.1 Å². The van der Waals surface area contributed by atoms with Crippen LogP contribution in [0.4, 0.5) is 11.4 Å². The van der Waals surface area contributed by atoms with Gasteiger partial charge in [0.25, 0.3) is 5.69 Å². The van der Waals surface area contributed by atoms with E-state index in [2.05, 4.69) is 4.90 Å². The summed E-state index contributed by atoms with van der Waals surface area (Å²) in [6, 6.07) is 6.68. The molecule has 0 unspecified atom stereocenters. The smallest absolute Gasteiger partial charge is 0.269 e. The highest BCUT2D eigenvalue weighted by Crippen LogP contribution is 2.26. The molecule has 2 rings (SSSR count). The van der Waals surface area contributed by atoms with Gasteiger partial charge in [-0.1, -0.05) is 0 Å². The molecule has 1 N–H and O–H groups in total. The lowest BCUT2D eigenvalue weighted by Crippen LogP contribution is -2.41. The predicted octanol–water partition coefficient (Wildman–Crippen LogP) is 1.95. The number of aliphatic hydroxyl groups excluding tert-OH is 1. The molecule has 1 heterocycles. The van der Waals surface area contributed by atoms with Gasteiger partial charge in [-0.25, -0.2) is 0 Å². The Morgan fingerprint density at radius 1 is 1.35 bits per heavy atom. The van der Waals surface area contributed by atoms with E-state index < -0.39 is 4.92 Å². The highest BCUT2D eigenvalue weighted by molar-refractivity contribution is 5.52. The van der Waals surface area contributed by atoms with Crippen molar-refractivity contribution in [1.29, 1.82) is 0 Å². The minimum atomic E-state index is -0.399. The topological polar surface area (TPSA) is 66.6 Å². The first-order chi connectivity index (χ1) is 8.22. The lowest BCUT2D eigenvalue weighted by atomic mass is 10.0. The van der Waals surface area contributed by atoms with Crippen LogP contribution in [0.1, 0.15) is 19.3 Å².